The summed E-state index contributed by atoms with van der Waals surface area (Å²) in [6.45, 7) is 6.74. The average molecular weight is 258 g/mol. The molecule has 1 aliphatic carbocycles. The number of esters is 1. The van der Waals surface area contributed by atoms with E-state index in [1.54, 1.807) is 0 Å². The second-order valence-corrected chi connectivity index (χ2v) is 5.18. The van der Waals surface area contributed by atoms with Crippen LogP contribution in [0, 0.1) is 0 Å². The summed E-state index contributed by atoms with van der Waals surface area (Å²) >= 11 is 0. The Morgan fingerprint density at radius 3 is 2.67 bits per heavy atom. The van der Waals surface area contributed by atoms with Gasteiger partial charge in [0.15, 0.2) is 0 Å². The summed E-state index contributed by atoms with van der Waals surface area (Å²) < 4.78 is 10.2. The standard InChI is InChI=1S/C13H26N2O3/c1-5-18-9-8-15(3)10-13(2,12(16)17-4)14-11-6-7-11/h11,14H,5-10H2,1-4H3. The van der Waals surface area contributed by atoms with E-state index in [0.717, 1.165) is 26.0 Å². The number of hydrogen-bond acceptors (Lipinski definition) is 5. The number of nitrogens with one attached hydrogen (secondary N) is 1. The zero-order chi connectivity index (χ0) is 13.6. The third kappa shape index (κ3) is 4.92. The van der Waals surface area contributed by atoms with Gasteiger partial charge in [0.25, 0.3) is 0 Å². The molecule has 0 aliphatic heterocycles. The van der Waals surface area contributed by atoms with E-state index in [1.165, 1.54) is 7.11 Å². The fraction of sp³-hybridized carbons (Fsp3) is 0.923. The summed E-state index contributed by atoms with van der Waals surface area (Å²) in [4.78, 5) is 14.0. The normalized spacial score (nSPS) is 18.7. The molecular weight excluding hydrogens is 232 g/mol. The smallest absolute Gasteiger partial charge is 0.327 e. The highest BCUT2D eigenvalue weighted by Gasteiger charge is 2.40. The molecule has 0 radical (unpaired) electrons. The largest absolute Gasteiger partial charge is 0.468 e. The van der Waals surface area contributed by atoms with Crippen LogP contribution in [0.3, 0.4) is 0 Å². The molecule has 5 heteroatoms. The second-order valence-electron chi connectivity index (χ2n) is 5.18. The van der Waals surface area contributed by atoms with Crippen molar-refractivity contribution in [2.45, 2.75) is 38.3 Å². The van der Waals surface area contributed by atoms with E-state index in [-0.39, 0.29) is 5.97 Å². The van der Waals surface area contributed by atoms with Crippen molar-refractivity contribution in [1.29, 1.82) is 0 Å². The van der Waals surface area contributed by atoms with Crippen LogP contribution in [0.25, 0.3) is 0 Å². The minimum absolute atomic E-state index is 0.197. The molecule has 106 valence electrons. The molecule has 1 unspecified atom stereocenters. The maximum Gasteiger partial charge on any atom is 0.327 e. The predicted molar refractivity (Wildman–Crippen MR) is 70.6 cm³/mol. The molecular formula is C13H26N2O3. The van der Waals surface area contributed by atoms with Crippen LogP contribution in [0.4, 0.5) is 0 Å². The quantitative estimate of drug-likeness (QED) is 0.486. The van der Waals surface area contributed by atoms with Gasteiger partial charge in [-0.15, -0.1) is 0 Å². The summed E-state index contributed by atoms with van der Waals surface area (Å²) in [5.74, 6) is -0.197. The highest BCUT2D eigenvalue weighted by molar-refractivity contribution is 5.80. The highest BCUT2D eigenvalue weighted by atomic mass is 16.5. The Morgan fingerprint density at radius 1 is 1.50 bits per heavy atom. The molecule has 0 aromatic heterocycles. The van der Waals surface area contributed by atoms with Crippen LogP contribution in [-0.2, 0) is 14.3 Å². The first kappa shape index (κ1) is 15.4. The van der Waals surface area contributed by atoms with Crippen molar-refractivity contribution in [3.8, 4) is 0 Å². The van der Waals surface area contributed by atoms with E-state index < -0.39 is 5.54 Å². The van der Waals surface area contributed by atoms with Gasteiger partial charge in [-0.05, 0) is 33.7 Å². The molecule has 0 aromatic carbocycles. The topological polar surface area (TPSA) is 50.8 Å². The molecule has 1 aliphatic rings. The Balaban J connectivity index is 2.46. The number of carbonyl (C=O) groups excluding carboxylic acids is 1. The lowest BCUT2D eigenvalue weighted by Gasteiger charge is -2.32. The summed E-state index contributed by atoms with van der Waals surface area (Å²) in [5, 5.41) is 3.38. The van der Waals surface area contributed by atoms with Crippen LogP contribution in [0.5, 0.6) is 0 Å². The molecule has 0 heterocycles. The minimum atomic E-state index is -0.628. The van der Waals surface area contributed by atoms with Gasteiger partial charge < -0.3 is 14.4 Å². The van der Waals surface area contributed by atoms with E-state index in [1.807, 2.05) is 20.9 Å². The predicted octanol–water partition coefficient (Wildman–Crippen LogP) is 0.638. The molecule has 1 atom stereocenters. The lowest BCUT2D eigenvalue weighted by atomic mass is 10.0. The summed E-state index contributed by atoms with van der Waals surface area (Å²) in [7, 11) is 3.43. The van der Waals surface area contributed by atoms with E-state index in [4.69, 9.17) is 9.47 Å². The van der Waals surface area contributed by atoms with E-state index in [0.29, 0.717) is 19.2 Å². The zero-order valence-corrected chi connectivity index (χ0v) is 12.0. The molecule has 0 saturated heterocycles. The van der Waals surface area contributed by atoms with E-state index in [2.05, 4.69) is 10.2 Å². The Kier molecular flexibility index (Phi) is 6.05. The molecule has 0 aromatic rings. The van der Waals surface area contributed by atoms with Crippen molar-refractivity contribution in [1.82, 2.24) is 10.2 Å². The maximum absolute atomic E-state index is 11.9. The van der Waals surface area contributed by atoms with Crippen LogP contribution in [-0.4, -0.2) is 62.9 Å². The van der Waals surface area contributed by atoms with Gasteiger partial charge in [-0.2, -0.15) is 0 Å². The highest BCUT2D eigenvalue weighted by Crippen LogP contribution is 2.23. The van der Waals surface area contributed by atoms with Gasteiger partial charge in [-0.1, -0.05) is 0 Å². The minimum Gasteiger partial charge on any atom is -0.468 e. The van der Waals surface area contributed by atoms with Crippen LogP contribution in [0.1, 0.15) is 26.7 Å². The van der Waals surface area contributed by atoms with Crippen LogP contribution in [0.2, 0.25) is 0 Å². The molecule has 1 saturated carbocycles. The number of hydrogen-bond donors (Lipinski definition) is 1. The molecule has 0 amide bonds. The number of rotatable bonds is 9. The Morgan fingerprint density at radius 2 is 2.17 bits per heavy atom. The van der Waals surface area contributed by atoms with E-state index >= 15 is 0 Å². The van der Waals surface area contributed by atoms with Gasteiger partial charge in [0.05, 0.1) is 13.7 Å². The molecule has 5 nitrogen and oxygen atoms in total. The van der Waals surface area contributed by atoms with Crippen LogP contribution in [0.15, 0.2) is 0 Å². The molecule has 1 fully saturated rings. The molecule has 0 bridgehead atoms. The third-order valence-corrected chi connectivity index (χ3v) is 3.14. The van der Waals surface area contributed by atoms with Crippen molar-refractivity contribution in [2.75, 3.05) is 40.5 Å². The number of likely N-dealkylation sites (N-methyl/N-ethyl adjacent to an activating group) is 1. The lowest BCUT2D eigenvalue weighted by molar-refractivity contribution is -0.148. The van der Waals surface area contributed by atoms with Crippen LogP contribution >= 0.6 is 0 Å². The maximum atomic E-state index is 11.9. The molecule has 1 N–H and O–H groups in total. The Bertz CT molecular complexity index is 269. The summed E-state index contributed by atoms with van der Waals surface area (Å²) in [6.07, 6.45) is 2.30. The number of nitrogens with zero attached hydrogens (tertiary/aromatic N) is 1. The summed E-state index contributed by atoms with van der Waals surface area (Å²) in [6, 6.07) is 0.467. The number of carbonyl (C=O) groups is 1. The number of ether oxygens (including phenoxy) is 2. The van der Waals surface area contributed by atoms with Gasteiger partial charge >= 0.3 is 5.97 Å². The molecule has 0 spiro atoms. The SMILES string of the molecule is CCOCCN(C)CC(C)(NC1CC1)C(=O)OC. The first-order valence-corrected chi connectivity index (χ1v) is 6.64. The Hall–Kier alpha value is -0.650. The van der Waals surface area contributed by atoms with Gasteiger partial charge in [-0.3, -0.25) is 10.1 Å². The van der Waals surface area contributed by atoms with Crippen molar-refractivity contribution >= 4 is 5.97 Å². The molecule has 18 heavy (non-hydrogen) atoms. The van der Waals surface area contributed by atoms with Crippen molar-refractivity contribution in [2.24, 2.45) is 0 Å². The number of methoxy groups -OCH3 is 1. The first-order valence-electron chi connectivity index (χ1n) is 6.64. The van der Waals surface area contributed by atoms with Gasteiger partial charge in [-0.25, -0.2) is 0 Å². The zero-order valence-electron chi connectivity index (χ0n) is 12.0. The van der Waals surface area contributed by atoms with Gasteiger partial charge in [0.2, 0.25) is 0 Å². The van der Waals surface area contributed by atoms with E-state index in [9.17, 15) is 4.79 Å². The monoisotopic (exact) mass is 258 g/mol. The average Bonchev–Trinajstić information content (AvgIpc) is 3.11. The first-order chi connectivity index (χ1) is 8.51. The lowest BCUT2D eigenvalue weighted by Crippen LogP contribution is -2.57. The van der Waals surface area contributed by atoms with Crippen molar-refractivity contribution < 1.29 is 14.3 Å². The summed E-state index contributed by atoms with van der Waals surface area (Å²) in [5.41, 5.74) is -0.628. The van der Waals surface area contributed by atoms with Crippen molar-refractivity contribution in [3.05, 3.63) is 0 Å². The Labute approximate surface area is 110 Å². The van der Waals surface area contributed by atoms with Crippen LogP contribution < -0.4 is 5.32 Å². The van der Waals surface area contributed by atoms with Crippen molar-refractivity contribution in [3.63, 3.8) is 0 Å². The second kappa shape index (κ2) is 7.07. The fourth-order valence-corrected chi connectivity index (χ4v) is 2.06. The molecule has 1 rings (SSSR count). The van der Waals surface area contributed by atoms with Gasteiger partial charge in [0, 0.05) is 25.7 Å². The third-order valence-electron chi connectivity index (χ3n) is 3.14. The van der Waals surface area contributed by atoms with Gasteiger partial charge in [0.1, 0.15) is 5.54 Å². The fourth-order valence-electron chi connectivity index (χ4n) is 2.06.